The lowest BCUT2D eigenvalue weighted by atomic mass is 9.33. The van der Waals surface area contributed by atoms with Gasteiger partial charge in [-0.05, 0) is 279 Å². The van der Waals surface area contributed by atoms with E-state index in [0.29, 0.717) is 26.2 Å². The highest BCUT2D eigenvalue weighted by atomic mass is 15.2. The Labute approximate surface area is 813 Å². The van der Waals surface area contributed by atoms with Crippen LogP contribution in [0.3, 0.4) is 0 Å². The van der Waals surface area contributed by atoms with Crippen LogP contribution in [0.25, 0.3) is 116 Å². The Kier molecular flexibility index (Phi) is 21.8. The van der Waals surface area contributed by atoms with Crippen molar-refractivity contribution < 1.29 is 0 Å². The summed E-state index contributed by atoms with van der Waals surface area (Å²) in [4.78, 5) is 8.04. The van der Waals surface area contributed by atoms with Crippen LogP contribution in [0.15, 0.2) is 406 Å². The molecule has 2 aliphatic heterocycles. The lowest BCUT2D eigenvalue weighted by Gasteiger charge is -2.45. The molecule has 0 atom stereocenters. The third-order valence-electron chi connectivity index (χ3n) is 29.7. The van der Waals surface area contributed by atoms with Gasteiger partial charge in [-0.15, -0.1) is 0 Å². The fraction of sp³-hybridized carbons (Fsp3) is 0.176. The quantitative estimate of drug-likeness (QED) is 0.0711. The Morgan fingerprint density at radius 1 is 0.246 bits per heavy atom. The van der Waals surface area contributed by atoms with Crippen molar-refractivity contribution in [3.63, 3.8) is 0 Å². The summed E-state index contributed by atoms with van der Waals surface area (Å²) in [5.74, 6) is 0. The van der Waals surface area contributed by atoms with Gasteiger partial charge < -0.3 is 28.4 Å². The maximum atomic E-state index is 2.81. The van der Waals surface area contributed by atoms with Gasteiger partial charge in [-0.1, -0.05) is 368 Å². The zero-order chi connectivity index (χ0) is 94.0. The zero-order valence-electron chi connectivity index (χ0n) is 81.4. The van der Waals surface area contributed by atoms with Gasteiger partial charge >= 0.3 is 0 Å². The molecule has 0 spiro atoms. The second-order valence-corrected chi connectivity index (χ2v) is 42.7. The first-order valence-corrected chi connectivity index (χ1v) is 49.6. The lowest BCUT2D eigenvalue weighted by molar-refractivity contribution is 0.567. The molecule has 0 fully saturated rings. The maximum absolute atomic E-state index is 2.81. The van der Waals surface area contributed by atoms with Gasteiger partial charge in [0.15, 0.2) is 0 Å². The van der Waals surface area contributed by atoms with Crippen LogP contribution in [0, 0.1) is 0 Å². The smallest absolute Gasteiger partial charge is 0.252 e. The van der Waals surface area contributed by atoms with Gasteiger partial charge in [0.1, 0.15) is 0 Å². The van der Waals surface area contributed by atoms with Crippen molar-refractivity contribution in [3.8, 4) is 50.2 Å². The third kappa shape index (κ3) is 15.9. The van der Waals surface area contributed by atoms with E-state index in [9.17, 15) is 0 Å². The van der Waals surface area contributed by atoms with Crippen molar-refractivity contribution in [2.75, 3.05) is 27.8 Å². The Morgan fingerprint density at radius 3 is 1.04 bits per heavy atom. The van der Waals surface area contributed by atoms with Crippen molar-refractivity contribution >= 4 is 128 Å². The molecule has 0 bridgehead atoms. The van der Waals surface area contributed by atoms with E-state index in [1.807, 2.05) is 0 Å². The van der Waals surface area contributed by atoms with Crippen molar-refractivity contribution in [1.29, 1.82) is 0 Å². The minimum absolute atomic E-state index is 0.0450. The average molecular weight is 1790 g/mol. The minimum Gasteiger partial charge on any atom is -0.342 e. The summed E-state index contributed by atoms with van der Waals surface area (Å²) in [6.45, 7) is 30.7. The topological polar surface area (TPSA) is 24.5 Å². The van der Waals surface area contributed by atoms with Gasteiger partial charge in [-0.25, -0.2) is 0 Å². The molecular formula is C131H117BN6. The molecular weight excluding hydrogens is 1670 g/mol. The molecule has 23 rings (SSSR count). The molecule has 0 saturated carbocycles. The van der Waals surface area contributed by atoms with Crippen LogP contribution in [-0.4, -0.2) is 33.5 Å². The molecule has 5 heterocycles. The third-order valence-corrected chi connectivity index (χ3v) is 29.7. The number of para-hydroxylation sites is 4. The van der Waals surface area contributed by atoms with Crippen LogP contribution in [0.2, 0.25) is 0 Å². The fourth-order valence-corrected chi connectivity index (χ4v) is 22.6. The van der Waals surface area contributed by atoms with E-state index in [-0.39, 0.29) is 28.4 Å². The molecule has 0 aliphatic carbocycles. The number of hydrogen-bond acceptors (Lipinski definition) is 3. The first-order valence-electron chi connectivity index (χ1n) is 49.6. The van der Waals surface area contributed by atoms with Crippen LogP contribution in [0.5, 0.6) is 0 Å². The Hall–Kier alpha value is -15.2. The highest BCUT2D eigenvalue weighted by Crippen LogP contribution is 2.48. The molecule has 2 aliphatic rings. The highest BCUT2D eigenvalue weighted by molar-refractivity contribution is 7.00. The molecule has 18 aromatic carbocycles. The maximum Gasteiger partial charge on any atom is 0.252 e. The van der Waals surface area contributed by atoms with E-state index in [1.54, 1.807) is 0 Å². The molecule has 0 radical (unpaired) electrons. The monoisotopic (exact) mass is 1780 g/mol. The number of hydrogen-bond donors (Lipinski definition) is 0. The number of rotatable bonds is 20. The largest absolute Gasteiger partial charge is 0.342 e. The molecule has 138 heavy (non-hydrogen) atoms. The van der Waals surface area contributed by atoms with Gasteiger partial charge in [0, 0.05) is 126 Å². The molecule has 21 aromatic rings. The van der Waals surface area contributed by atoms with Crippen LogP contribution in [-0.2, 0) is 54.0 Å². The van der Waals surface area contributed by atoms with Crippen molar-refractivity contribution in [1.82, 2.24) is 13.7 Å². The van der Waals surface area contributed by atoms with Gasteiger partial charge in [-0.3, -0.25) is 0 Å². The standard InChI is InChI=1S/C131H117BN6/c1-128(2,3)95-59-65-117-111(81-95)112-82-96(129(4,5)6)60-66-118(112)135(117)85-88-58-64-116-124(77-88)134(72-70-108-105(93-41-23-15-24-42-93)53-36-54-106(108)94-43-25-16-26-44-94)126-79-90(86-136-119-67-61-101(137(99-45-27-17-28-46-99)100-47-29-18-30-48-100)83-113(119)114-84-102(62-68-120(114)136)138-121-55-33-31-49-109(121)110-50-32-34-56-122(110)138)78-125-127(126)132(116)115-63-57-87(73-89-74-97(130(7,8)9)80-98(75-89)131(10,11)12)76-123(115)133(125)71-69-107-103(91-37-19-13-20-38-91)51-35-52-104(107)92-39-21-14-22-40-92/h13-68,74-84H,69-73,85-86H2,1-12H3. The van der Waals surface area contributed by atoms with Crippen LogP contribution in [0.4, 0.5) is 39.8 Å². The van der Waals surface area contributed by atoms with Crippen molar-refractivity contribution in [3.05, 3.63) is 462 Å². The predicted molar refractivity (Wildman–Crippen MR) is 590 cm³/mol. The summed E-state index contributed by atoms with van der Waals surface area (Å²) in [5, 5.41) is 7.44. The number of benzene rings is 18. The van der Waals surface area contributed by atoms with Crippen molar-refractivity contribution in [2.45, 2.75) is 137 Å². The molecule has 674 valence electrons. The van der Waals surface area contributed by atoms with Gasteiger partial charge in [0.2, 0.25) is 0 Å². The summed E-state index contributed by atoms with van der Waals surface area (Å²) in [6, 6.07) is 156. The SMILES string of the molecule is CC(C)(C)c1cc(Cc2ccc3c(c2)N(CCc2c(-c4ccccc4)cccc2-c2ccccc2)c2cc(Cn4c5ccc(N(c6ccccc6)c6ccccc6)cc5c5cc(-n6c7ccccc7c7ccccc76)ccc54)cc4c2B3c2ccc(Cn3c5ccc(C(C)(C)C)cc5c5cc(C(C)(C)C)ccc53)cc2N4CCc2c(-c3ccccc3)cccc2-c2ccccc2)cc(C(C)(C)C)c1. The number of aromatic nitrogens is 3. The summed E-state index contributed by atoms with van der Waals surface area (Å²) in [7, 11) is 0. The summed E-state index contributed by atoms with van der Waals surface area (Å²) in [6.07, 6.45) is 2.26. The Balaban J connectivity index is 0.793. The highest BCUT2D eigenvalue weighted by Gasteiger charge is 2.44. The van der Waals surface area contributed by atoms with Crippen LogP contribution >= 0.6 is 0 Å². The fourth-order valence-electron chi connectivity index (χ4n) is 22.6. The van der Waals surface area contributed by atoms with E-state index in [1.165, 1.54) is 194 Å². The number of nitrogens with zero attached hydrogens (tertiary/aromatic N) is 6. The van der Waals surface area contributed by atoms with E-state index in [4.69, 9.17) is 0 Å². The molecule has 0 unspecified atom stereocenters. The second kappa shape index (κ2) is 34.6. The molecule has 6 nitrogen and oxygen atoms in total. The molecule has 3 aromatic heterocycles. The average Bonchev–Trinajstić information content (AvgIpc) is 1.00. The summed E-state index contributed by atoms with van der Waals surface area (Å²) < 4.78 is 7.77. The lowest BCUT2D eigenvalue weighted by Crippen LogP contribution is -2.62. The molecule has 7 heteroatoms. The number of anilines is 7. The Morgan fingerprint density at radius 2 is 0.609 bits per heavy atom. The van der Waals surface area contributed by atoms with E-state index in [0.717, 1.165) is 53.0 Å². The van der Waals surface area contributed by atoms with Gasteiger partial charge in [0.05, 0.1) is 11.0 Å². The normalized spacial score (nSPS) is 12.8. The number of fused-ring (bicyclic) bond motifs is 13. The van der Waals surface area contributed by atoms with E-state index >= 15 is 0 Å². The Bertz CT molecular complexity index is 7950. The van der Waals surface area contributed by atoms with E-state index in [2.05, 4.69) is 518 Å². The first-order chi connectivity index (χ1) is 66.9. The van der Waals surface area contributed by atoms with Crippen LogP contribution < -0.4 is 31.1 Å². The summed E-state index contributed by atoms with van der Waals surface area (Å²) >= 11 is 0. The minimum atomic E-state index is -0.169. The van der Waals surface area contributed by atoms with Crippen LogP contribution in [0.1, 0.15) is 139 Å². The molecule has 0 N–H and O–H groups in total. The molecule has 0 amide bonds. The second-order valence-electron chi connectivity index (χ2n) is 42.7. The summed E-state index contributed by atoms with van der Waals surface area (Å²) in [5.41, 5.74) is 43.3. The van der Waals surface area contributed by atoms with Gasteiger partial charge in [-0.2, -0.15) is 0 Å². The van der Waals surface area contributed by atoms with Crippen molar-refractivity contribution in [2.24, 2.45) is 0 Å². The first kappa shape index (κ1) is 86.9. The van der Waals surface area contributed by atoms with Gasteiger partial charge in [0.25, 0.3) is 6.71 Å². The zero-order valence-corrected chi connectivity index (χ0v) is 81.4. The molecule has 0 saturated heterocycles. The van der Waals surface area contributed by atoms with E-state index < -0.39 is 0 Å². The predicted octanol–water partition coefficient (Wildman–Crippen LogP) is 31.9.